The number of halogens is 3. The lowest BCUT2D eigenvalue weighted by molar-refractivity contribution is -0.140. The summed E-state index contributed by atoms with van der Waals surface area (Å²) in [6.45, 7) is 0.495. The van der Waals surface area contributed by atoms with Gasteiger partial charge in [-0.15, -0.1) is 0 Å². The Kier molecular flexibility index (Phi) is 6.68. The average molecular weight is 496 g/mol. The van der Waals surface area contributed by atoms with Crippen molar-refractivity contribution < 1.29 is 31.2 Å². The van der Waals surface area contributed by atoms with E-state index in [9.17, 15) is 31.2 Å². The van der Waals surface area contributed by atoms with Gasteiger partial charge in [-0.2, -0.15) is 13.2 Å². The summed E-state index contributed by atoms with van der Waals surface area (Å²) in [5.74, 6) is -0.400. The van der Waals surface area contributed by atoms with Gasteiger partial charge >= 0.3 is 6.18 Å². The summed E-state index contributed by atoms with van der Waals surface area (Å²) in [7, 11) is -4.46. The maximum Gasteiger partial charge on any atom is 0.417 e. The fraction of sp³-hybridized carbons (Fsp3) is 0.391. The van der Waals surface area contributed by atoms with E-state index in [1.807, 2.05) is 0 Å². The molecular formula is C23H24F3N3O4S. The molecule has 2 aliphatic heterocycles. The van der Waals surface area contributed by atoms with Crippen molar-refractivity contribution in [3.05, 3.63) is 54.1 Å². The number of nitrogens with zero attached hydrogens (tertiary/aromatic N) is 1. The van der Waals surface area contributed by atoms with Crippen LogP contribution in [-0.2, 0) is 25.8 Å². The van der Waals surface area contributed by atoms with Gasteiger partial charge in [0.25, 0.3) is 0 Å². The van der Waals surface area contributed by atoms with Crippen LogP contribution in [0.4, 0.5) is 13.2 Å². The van der Waals surface area contributed by atoms with Crippen LogP contribution >= 0.6 is 0 Å². The summed E-state index contributed by atoms with van der Waals surface area (Å²) >= 11 is 0. The Hall–Kier alpha value is -2.92. The van der Waals surface area contributed by atoms with E-state index in [2.05, 4.69) is 10.0 Å². The third kappa shape index (κ3) is 5.25. The highest BCUT2D eigenvalue weighted by atomic mass is 32.2. The third-order valence-corrected chi connectivity index (χ3v) is 7.68. The third-order valence-electron chi connectivity index (χ3n) is 6.10. The molecular weight excluding hydrogens is 471 g/mol. The predicted octanol–water partition coefficient (Wildman–Crippen LogP) is 2.92. The number of hydrogen-bond donors (Lipinski definition) is 2. The molecule has 2 amide bonds. The Morgan fingerprint density at radius 3 is 2.26 bits per heavy atom. The predicted molar refractivity (Wildman–Crippen MR) is 118 cm³/mol. The van der Waals surface area contributed by atoms with Crippen LogP contribution < -0.4 is 10.0 Å². The van der Waals surface area contributed by atoms with Gasteiger partial charge in [0, 0.05) is 25.6 Å². The van der Waals surface area contributed by atoms with E-state index in [-0.39, 0.29) is 49.7 Å². The van der Waals surface area contributed by atoms with Crippen LogP contribution in [0.3, 0.4) is 0 Å². The van der Waals surface area contributed by atoms with Crippen LogP contribution in [0.15, 0.2) is 53.4 Å². The van der Waals surface area contributed by atoms with E-state index in [4.69, 9.17) is 0 Å². The normalized spacial score (nSPS) is 19.8. The van der Waals surface area contributed by atoms with Gasteiger partial charge in [0.1, 0.15) is 6.04 Å². The highest BCUT2D eigenvalue weighted by molar-refractivity contribution is 7.89. The molecule has 0 unspecified atom stereocenters. The lowest BCUT2D eigenvalue weighted by atomic mass is 10.0. The highest BCUT2D eigenvalue weighted by Crippen LogP contribution is 2.37. The van der Waals surface area contributed by atoms with Crippen LogP contribution in [-0.4, -0.2) is 50.3 Å². The molecule has 0 aliphatic carbocycles. The largest absolute Gasteiger partial charge is 0.417 e. The summed E-state index contributed by atoms with van der Waals surface area (Å²) in [5, 5.41) is 2.61. The zero-order valence-corrected chi connectivity index (χ0v) is 19.0. The van der Waals surface area contributed by atoms with Gasteiger partial charge in [0.2, 0.25) is 21.8 Å². The van der Waals surface area contributed by atoms with Gasteiger partial charge < -0.3 is 10.2 Å². The van der Waals surface area contributed by atoms with E-state index < -0.39 is 38.7 Å². The zero-order valence-electron chi connectivity index (χ0n) is 18.1. The number of sulfonamides is 1. The standard InChI is InChI=1S/C23H24F3N3O4S/c24-23(25,26)18-14-16(15-4-2-1-3-5-15)6-8-20(18)34(32,33)28-17-10-12-29(13-11-17)22(31)19-7-9-21(30)27-19/h1-6,8,14,17,19,28H,7,9-13H2,(H,27,30)/t19-/m0/s1. The first-order valence-electron chi connectivity index (χ1n) is 10.9. The molecule has 2 aromatic carbocycles. The van der Waals surface area contributed by atoms with Crippen LogP contribution in [0.1, 0.15) is 31.2 Å². The van der Waals surface area contributed by atoms with Gasteiger partial charge in [0.05, 0.1) is 10.5 Å². The van der Waals surface area contributed by atoms with Crippen molar-refractivity contribution in [3.63, 3.8) is 0 Å². The molecule has 0 spiro atoms. The second-order valence-electron chi connectivity index (χ2n) is 8.45. The van der Waals surface area contributed by atoms with Gasteiger partial charge in [-0.05, 0) is 42.5 Å². The van der Waals surface area contributed by atoms with E-state index in [1.165, 1.54) is 6.07 Å². The SMILES string of the molecule is O=C1CC[C@@H](C(=O)N2CCC(NS(=O)(=O)c3ccc(-c4ccccc4)cc3C(F)(F)F)CC2)N1. The Bertz CT molecular complexity index is 1180. The van der Waals surface area contributed by atoms with E-state index in [0.29, 0.717) is 12.0 Å². The molecule has 2 heterocycles. The smallest absolute Gasteiger partial charge is 0.344 e. The number of nitrogens with one attached hydrogen (secondary N) is 2. The fourth-order valence-electron chi connectivity index (χ4n) is 4.32. The molecule has 0 bridgehead atoms. The second-order valence-corrected chi connectivity index (χ2v) is 10.1. The lowest BCUT2D eigenvalue weighted by Crippen LogP contribution is -2.51. The number of alkyl halides is 3. The van der Waals surface area contributed by atoms with Crippen molar-refractivity contribution in [1.82, 2.24) is 14.9 Å². The number of piperidine rings is 1. The molecule has 0 saturated carbocycles. The molecule has 2 saturated heterocycles. The van der Waals surface area contributed by atoms with Crippen LogP contribution in [0, 0.1) is 0 Å². The molecule has 11 heteroatoms. The minimum atomic E-state index is -4.86. The van der Waals surface area contributed by atoms with Crippen LogP contribution in [0.5, 0.6) is 0 Å². The molecule has 0 aromatic heterocycles. The number of hydrogen-bond acceptors (Lipinski definition) is 4. The Morgan fingerprint density at radius 1 is 1.00 bits per heavy atom. The Balaban J connectivity index is 1.48. The molecule has 4 rings (SSSR count). The topological polar surface area (TPSA) is 95.6 Å². The van der Waals surface area contributed by atoms with E-state index in [1.54, 1.807) is 35.2 Å². The minimum absolute atomic E-state index is 0.181. The molecule has 1 atom stereocenters. The van der Waals surface area contributed by atoms with Gasteiger partial charge in [-0.25, -0.2) is 13.1 Å². The van der Waals surface area contributed by atoms with Crippen molar-refractivity contribution in [2.75, 3.05) is 13.1 Å². The first-order valence-corrected chi connectivity index (χ1v) is 12.4. The summed E-state index contributed by atoms with van der Waals surface area (Å²) in [6.07, 6.45) is -3.64. The average Bonchev–Trinajstić information content (AvgIpc) is 3.25. The summed E-state index contributed by atoms with van der Waals surface area (Å²) in [4.78, 5) is 24.6. The van der Waals surface area contributed by atoms with Crippen molar-refractivity contribution in [1.29, 1.82) is 0 Å². The van der Waals surface area contributed by atoms with Crippen molar-refractivity contribution in [2.24, 2.45) is 0 Å². The number of rotatable bonds is 5. The van der Waals surface area contributed by atoms with E-state index in [0.717, 1.165) is 12.1 Å². The monoisotopic (exact) mass is 495 g/mol. The molecule has 182 valence electrons. The molecule has 7 nitrogen and oxygen atoms in total. The molecule has 2 aliphatic rings. The van der Waals surface area contributed by atoms with Crippen LogP contribution in [0.2, 0.25) is 0 Å². The summed E-state index contributed by atoms with van der Waals surface area (Å²) in [5.41, 5.74) is -0.427. The number of amides is 2. The van der Waals surface area contributed by atoms with E-state index >= 15 is 0 Å². The first kappa shape index (κ1) is 24.2. The number of carbonyl (C=O) groups excluding carboxylic acids is 2. The van der Waals surface area contributed by atoms with Gasteiger partial charge in [0.15, 0.2) is 0 Å². The van der Waals surface area contributed by atoms with Crippen LogP contribution in [0.25, 0.3) is 11.1 Å². The summed E-state index contributed by atoms with van der Waals surface area (Å²) in [6, 6.07) is 10.4. The van der Waals surface area contributed by atoms with Crippen molar-refractivity contribution in [2.45, 2.75) is 48.8 Å². The van der Waals surface area contributed by atoms with Crippen molar-refractivity contribution in [3.8, 4) is 11.1 Å². The maximum absolute atomic E-state index is 13.8. The Labute approximate surface area is 195 Å². The van der Waals surface area contributed by atoms with Crippen molar-refractivity contribution >= 4 is 21.8 Å². The zero-order chi connectivity index (χ0) is 24.5. The summed E-state index contributed by atoms with van der Waals surface area (Å²) < 4.78 is 69.7. The number of carbonyl (C=O) groups is 2. The molecule has 2 aromatic rings. The molecule has 2 fully saturated rings. The quantitative estimate of drug-likeness (QED) is 0.667. The fourth-order valence-corrected chi connectivity index (χ4v) is 5.83. The maximum atomic E-state index is 13.8. The van der Waals surface area contributed by atoms with Gasteiger partial charge in [-0.1, -0.05) is 36.4 Å². The number of benzene rings is 2. The van der Waals surface area contributed by atoms with Gasteiger partial charge in [-0.3, -0.25) is 9.59 Å². The Morgan fingerprint density at radius 2 is 1.68 bits per heavy atom. The first-order chi connectivity index (χ1) is 16.0. The highest BCUT2D eigenvalue weighted by Gasteiger charge is 2.39. The lowest BCUT2D eigenvalue weighted by Gasteiger charge is -2.33. The molecule has 0 radical (unpaired) electrons. The minimum Gasteiger partial charge on any atom is -0.344 e. The molecule has 2 N–H and O–H groups in total. The number of likely N-dealkylation sites (tertiary alicyclic amines) is 1. The molecule has 34 heavy (non-hydrogen) atoms. The second kappa shape index (κ2) is 9.38.